The van der Waals surface area contributed by atoms with Gasteiger partial charge in [-0.2, -0.15) is 0 Å². The lowest BCUT2D eigenvalue weighted by Crippen LogP contribution is -2.37. The number of para-hydroxylation sites is 1. The normalized spacial score (nSPS) is 16.2. The molecule has 0 amide bonds. The smallest absolute Gasteiger partial charge is 0.250 e. The van der Waals surface area contributed by atoms with Gasteiger partial charge in [-0.15, -0.1) is 24.0 Å². The Hall–Kier alpha value is -2.10. The number of fused-ring (bicyclic) bond motifs is 1. The van der Waals surface area contributed by atoms with Gasteiger partial charge in [0.05, 0.1) is 19.2 Å². The number of pyridine rings is 1. The van der Waals surface area contributed by atoms with Crippen molar-refractivity contribution < 1.29 is 13.9 Å². The van der Waals surface area contributed by atoms with E-state index < -0.39 is 5.82 Å². The number of nitrogens with one attached hydrogen (secondary N) is 1. The third kappa shape index (κ3) is 5.18. The zero-order valence-corrected chi connectivity index (χ0v) is 15.9. The molecule has 2 heterocycles. The number of halogens is 2. The standard InChI is InChI=1S/C17H19FN4O2.HI/c18-13-5-3-8-20-16(13)24-11-9-21-17(19)22-14-7-10-23-15-6-2-1-4-12(14)15;/h1-6,8,14H,7,9-11H2,(H3,19,21,22);1H. The van der Waals surface area contributed by atoms with Crippen molar-refractivity contribution in [1.29, 1.82) is 0 Å². The van der Waals surface area contributed by atoms with E-state index in [0.29, 0.717) is 19.1 Å². The lowest BCUT2D eigenvalue weighted by atomic mass is 10.0. The summed E-state index contributed by atoms with van der Waals surface area (Å²) in [5.41, 5.74) is 6.99. The highest BCUT2D eigenvalue weighted by atomic mass is 127. The molecule has 0 aliphatic carbocycles. The highest BCUT2D eigenvalue weighted by molar-refractivity contribution is 14.0. The van der Waals surface area contributed by atoms with Crippen molar-refractivity contribution in [3.63, 3.8) is 0 Å². The Bertz CT molecular complexity index is 729. The quantitative estimate of drug-likeness (QED) is 0.312. The van der Waals surface area contributed by atoms with Crippen LogP contribution < -0.4 is 20.5 Å². The molecule has 3 N–H and O–H groups in total. The zero-order valence-electron chi connectivity index (χ0n) is 13.5. The van der Waals surface area contributed by atoms with Crippen molar-refractivity contribution in [2.24, 2.45) is 10.7 Å². The average molecular weight is 458 g/mol. The lowest BCUT2D eigenvalue weighted by Gasteiger charge is -2.26. The van der Waals surface area contributed by atoms with Crippen LogP contribution in [0.3, 0.4) is 0 Å². The van der Waals surface area contributed by atoms with E-state index in [1.165, 1.54) is 18.3 Å². The minimum atomic E-state index is -0.494. The molecule has 8 heteroatoms. The Labute approximate surface area is 162 Å². The fourth-order valence-electron chi connectivity index (χ4n) is 2.50. The van der Waals surface area contributed by atoms with Gasteiger partial charge in [0, 0.05) is 18.2 Å². The number of ether oxygens (including phenoxy) is 2. The van der Waals surface area contributed by atoms with Crippen molar-refractivity contribution in [2.45, 2.75) is 12.5 Å². The summed E-state index contributed by atoms with van der Waals surface area (Å²) in [4.78, 5) is 8.01. The highest BCUT2D eigenvalue weighted by Gasteiger charge is 2.21. The summed E-state index contributed by atoms with van der Waals surface area (Å²) in [6, 6.07) is 10.7. The molecule has 0 fully saturated rings. The van der Waals surface area contributed by atoms with Crippen LogP contribution in [0.5, 0.6) is 11.6 Å². The summed E-state index contributed by atoms with van der Waals surface area (Å²) in [6.45, 7) is 1.13. The second kappa shape index (κ2) is 9.40. The van der Waals surface area contributed by atoms with Gasteiger partial charge >= 0.3 is 0 Å². The number of nitrogens with two attached hydrogens (primary N) is 1. The topological polar surface area (TPSA) is 81.8 Å². The van der Waals surface area contributed by atoms with Crippen LogP contribution in [0.25, 0.3) is 0 Å². The molecule has 1 aromatic carbocycles. The van der Waals surface area contributed by atoms with Crippen LogP contribution >= 0.6 is 24.0 Å². The van der Waals surface area contributed by atoms with Crippen LogP contribution in [-0.2, 0) is 0 Å². The van der Waals surface area contributed by atoms with Crippen LogP contribution in [0.1, 0.15) is 18.0 Å². The summed E-state index contributed by atoms with van der Waals surface area (Å²) >= 11 is 0. The highest BCUT2D eigenvalue weighted by Crippen LogP contribution is 2.31. The van der Waals surface area contributed by atoms with E-state index >= 15 is 0 Å². The molecule has 1 unspecified atom stereocenters. The first-order valence-electron chi connectivity index (χ1n) is 7.75. The molecule has 25 heavy (non-hydrogen) atoms. The molecule has 0 saturated heterocycles. The van der Waals surface area contributed by atoms with E-state index in [2.05, 4.69) is 15.3 Å². The average Bonchev–Trinajstić information content (AvgIpc) is 2.60. The number of hydrogen-bond acceptors (Lipinski definition) is 4. The first-order valence-corrected chi connectivity index (χ1v) is 7.75. The summed E-state index contributed by atoms with van der Waals surface area (Å²) in [7, 11) is 0. The van der Waals surface area contributed by atoms with Crippen molar-refractivity contribution >= 4 is 29.9 Å². The number of aliphatic imine (C=N–C) groups is 1. The number of nitrogens with zero attached hydrogens (tertiary/aromatic N) is 2. The van der Waals surface area contributed by atoms with Crippen LogP contribution in [0, 0.1) is 5.82 Å². The van der Waals surface area contributed by atoms with Gasteiger partial charge in [-0.25, -0.2) is 14.4 Å². The molecule has 3 rings (SSSR count). The van der Waals surface area contributed by atoms with Crippen LogP contribution in [0.4, 0.5) is 4.39 Å². The Morgan fingerprint density at radius 1 is 1.36 bits per heavy atom. The van der Waals surface area contributed by atoms with Gasteiger partial charge in [-0.05, 0) is 18.2 Å². The first-order chi connectivity index (χ1) is 11.7. The maximum absolute atomic E-state index is 13.4. The molecule has 1 aliphatic rings. The van der Waals surface area contributed by atoms with E-state index in [0.717, 1.165) is 17.7 Å². The molecule has 1 aromatic heterocycles. The second-order valence-electron chi connectivity index (χ2n) is 5.28. The van der Waals surface area contributed by atoms with Gasteiger partial charge < -0.3 is 20.5 Å². The maximum atomic E-state index is 13.4. The van der Waals surface area contributed by atoms with Crippen LogP contribution in [0.2, 0.25) is 0 Å². The van der Waals surface area contributed by atoms with E-state index in [-0.39, 0.29) is 42.5 Å². The molecular formula is C17H20FIN4O2. The van der Waals surface area contributed by atoms with Crippen molar-refractivity contribution in [2.75, 3.05) is 19.8 Å². The molecular weight excluding hydrogens is 438 g/mol. The number of benzene rings is 1. The van der Waals surface area contributed by atoms with Crippen LogP contribution in [0.15, 0.2) is 47.6 Å². The molecule has 1 aliphatic heterocycles. The minimum Gasteiger partial charge on any atom is -0.493 e. The van der Waals surface area contributed by atoms with Gasteiger partial charge in [0.2, 0.25) is 5.88 Å². The maximum Gasteiger partial charge on any atom is 0.250 e. The number of guanidine groups is 1. The van der Waals surface area contributed by atoms with Crippen molar-refractivity contribution in [3.8, 4) is 11.6 Å². The lowest BCUT2D eigenvalue weighted by molar-refractivity contribution is 0.262. The van der Waals surface area contributed by atoms with E-state index in [1.54, 1.807) is 0 Å². The van der Waals surface area contributed by atoms with Gasteiger partial charge in [0.15, 0.2) is 11.8 Å². The molecule has 2 aromatic rings. The Morgan fingerprint density at radius 2 is 2.20 bits per heavy atom. The van der Waals surface area contributed by atoms with Gasteiger partial charge in [-0.3, -0.25) is 0 Å². The fourth-order valence-corrected chi connectivity index (χ4v) is 2.50. The molecule has 0 radical (unpaired) electrons. The fraction of sp³-hybridized carbons (Fsp3) is 0.294. The van der Waals surface area contributed by atoms with E-state index in [4.69, 9.17) is 15.2 Å². The SMILES string of the molecule is I.NC(=NCCOc1ncccc1F)NC1CCOc2ccccc21. The number of hydrogen-bond donors (Lipinski definition) is 2. The van der Waals surface area contributed by atoms with Gasteiger partial charge in [0.25, 0.3) is 0 Å². The van der Waals surface area contributed by atoms with E-state index in [1.807, 2.05) is 24.3 Å². The molecule has 1 atom stereocenters. The summed E-state index contributed by atoms with van der Waals surface area (Å²) in [5.74, 6) is 0.661. The van der Waals surface area contributed by atoms with Crippen LogP contribution in [-0.4, -0.2) is 30.7 Å². The monoisotopic (exact) mass is 458 g/mol. The molecule has 6 nitrogen and oxygen atoms in total. The second-order valence-corrected chi connectivity index (χ2v) is 5.28. The Balaban J connectivity index is 0.00000225. The van der Waals surface area contributed by atoms with Gasteiger partial charge in [-0.1, -0.05) is 18.2 Å². The Kier molecular flexibility index (Phi) is 7.23. The predicted molar refractivity (Wildman–Crippen MR) is 104 cm³/mol. The van der Waals surface area contributed by atoms with Crippen molar-refractivity contribution in [1.82, 2.24) is 10.3 Å². The summed E-state index contributed by atoms with van der Waals surface area (Å²) in [6.07, 6.45) is 2.28. The number of aromatic nitrogens is 1. The molecule has 0 spiro atoms. The van der Waals surface area contributed by atoms with Crippen molar-refractivity contribution in [3.05, 3.63) is 54.0 Å². The largest absolute Gasteiger partial charge is 0.493 e. The third-order valence-corrected chi connectivity index (χ3v) is 3.62. The minimum absolute atomic E-state index is 0. The number of rotatable bonds is 5. The zero-order chi connectivity index (χ0) is 16.8. The van der Waals surface area contributed by atoms with E-state index in [9.17, 15) is 4.39 Å². The molecule has 0 bridgehead atoms. The predicted octanol–water partition coefficient (Wildman–Crippen LogP) is 2.65. The molecule has 134 valence electrons. The summed E-state index contributed by atoms with van der Waals surface area (Å²) in [5, 5.41) is 3.19. The Morgan fingerprint density at radius 3 is 3.04 bits per heavy atom. The van der Waals surface area contributed by atoms with Gasteiger partial charge in [0.1, 0.15) is 12.4 Å². The summed E-state index contributed by atoms with van der Waals surface area (Å²) < 4.78 is 24.2. The molecule has 0 saturated carbocycles. The third-order valence-electron chi connectivity index (χ3n) is 3.62. The first kappa shape index (κ1) is 19.2.